The van der Waals surface area contributed by atoms with Gasteiger partial charge in [-0.3, -0.25) is 0 Å². The standard InChI is InChI=1S/C10H13BrFNO3S/c1-7(14)4-5-13-17(15,16)10-6-8(11)2-3-9(10)12/h2-3,6-7,13-14H,4-5H2,1H3. The summed E-state index contributed by atoms with van der Waals surface area (Å²) in [4.78, 5) is -0.405. The molecule has 1 aromatic carbocycles. The second kappa shape index (κ2) is 5.90. The summed E-state index contributed by atoms with van der Waals surface area (Å²) in [5.41, 5.74) is 0. The summed E-state index contributed by atoms with van der Waals surface area (Å²) in [6.07, 6.45) is -0.334. The van der Waals surface area contributed by atoms with Gasteiger partial charge in [0.1, 0.15) is 10.7 Å². The summed E-state index contributed by atoms with van der Waals surface area (Å²) in [6.45, 7) is 1.61. The van der Waals surface area contributed by atoms with Crippen LogP contribution in [0.4, 0.5) is 4.39 Å². The first-order valence-electron chi connectivity index (χ1n) is 4.95. The van der Waals surface area contributed by atoms with Crippen LogP contribution in [0.1, 0.15) is 13.3 Å². The lowest BCUT2D eigenvalue weighted by molar-refractivity contribution is 0.186. The van der Waals surface area contributed by atoms with Crippen LogP contribution < -0.4 is 4.72 Å². The minimum Gasteiger partial charge on any atom is -0.393 e. The van der Waals surface area contributed by atoms with Gasteiger partial charge >= 0.3 is 0 Å². The molecule has 0 amide bonds. The van der Waals surface area contributed by atoms with E-state index in [9.17, 15) is 12.8 Å². The Kier molecular flexibility index (Phi) is 5.05. The second-order valence-electron chi connectivity index (χ2n) is 3.61. The molecule has 0 aliphatic rings. The molecule has 0 spiro atoms. The molecule has 0 saturated heterocycles. The Balaban J connectivity index is 2.86. The van der Waals surface area contributed by atoms with Crippen molar-refractivity contribution < 1.29 is 17.9 Å². The van der Waals surface area contributed by atoms with Crippen molar-refractivity contribution in [2.24, 2.45) is 0 Å². The van der Waals surface area contributed by atoms with Crippen molar-refractivity contribution >= 4 is 26.0 Å². The van der Waals surface area contributed by atoms with E-state index < -0.39 is 26.8 Å². The van der Waals surface area contributed by atoms with Gasteiger partial charge in [0.15, 0.2) is 0 Å². The lowest BCUT2D eigenvalue weighted by atomic mass is 10.3. The van der Waals surface area contributed by atoms with Gasteiger partial charge in [0.05, 0.1) is 6.10 Å². The van der Waals surface area contributed by atoms with Crippen LogP contribution in [-0.4, -0.2) is 26.2 Å². The van der Waals surface area contributed by atoms with Gasteiger partial charge in [-0.1, -0.05) is 15.9 Å². The highest BCUT2D eigenvalue weighted by Gasteiger charge is 2.18. The molecule has 7 heteroatoms. The van der Waals surface area contributed by atoms with Gasteiger partial charge in [-0.15, -0.1) is 0 Å². The van der Waals surface area contributed by atoms with Crippen LogP contribution in [0.15, 0.2) is 27.6 Å². The number of nitrogens with one attached hydrogen (secondary N) is 1. The van der Waals surface area contributed by atoms with Crippen molar-refractivity contribution in [3.63, 3.8) is 0 Å². The van der Waals surface area contributed by atoms with Gasteiger partial charge in [0, 0.05) is 11.0 Å². The van der Waals surface area contributed by atoms with Crippen LogP contribution in [0.2, 0.25) is 0 Å². The largest absolute Gasteiger partial charge is 0.393 e. The molecule has 1 aromatic rings. The lowest BCUT2D eigenvalue weighted by Crippen LogP contribution is -2.27. The zero-order chi connectivity index (χ0) is 13.1. The van der Waals surface area contributed by atoms with E-state index in [4.69, 9.17) is 5.11 Å². The molecule has 1 atom stereocenters. The molecule has 0 aliphatic heterocycles. The third kappa shape index (κ3) is 4.34. The van der Waals surface area contributed by atoms with Crippen LogP contribution in [0, 0.1) is 5.82 Å². The fourth-order valence-electron chi connectivity index (χ4n) is 1.16. The fourth-order valence-corrected chi connectivity index (χ4v) is 2.82. The zero-order valence-electron chi connectivity index (χ0n) is 9.15. The van der Waals surface area contributed by atoms with E-state index in [2.05, 4.69) is 20.7 Å². The predicted molar refractivity (Wildman–Crippen MR) is 65.6 cm³/mol. The Morgan fingerprint density at radius 2 is 2.18 bits per heavy atom. The molecule has 4 nitrogen and oxygen atoms in total. The molecule has 0 heterocycles. The average molecular weight is 326 g/mol. The average Bonchev–Trinajstić information content (AvgIpc) is 2.20. The number of hydrogen-bond donors (Lipinski definition) is 2. The van der Waals surface area contributed by atoms with Crippen LogP contribution in [-0.2, 0) is 10.0 Å². The Morgan fingerprint density at radius 3 is 2.76 bits per heavy atom. The van der Waals surface area contributed by atoms with E-state index in [0.29, 0.717) is 4.47 Å². The number of halogens is 2. The van der Waals surface area contributed by atoms with E-state index in [-0.39, 0.29) is 13.0 Å². The molecule has 1 rings (SSSR count). The topological polar surface area (TPSA) is 66.4 Å². The maximum atomic E-state index is 13.4. The summed E-state index contributed by atoms with van der Waals surface area (Å²) < 4.78 is 39.5. The van der Waals surface area contributed by atoms with E-state index in [1.54, 1.807) is 6.92 Å². The minimum atomic E-state index is -3.88. The van der Waals surface area contributed by atoms with Gasteiger partial charge in [-0.25, -0.2) is 17.5 Å². The number of benzene rings is 1. The highest BCUT2D eigenvalue weighted by Crippen LogP contribution is 2.19. The number of aliphatic hydroxyl groups is 1. The van der Waals surface area contributed by atoms with Crippen LogP contribution in [0.5, 0.6) is 0 Å². The summed E-state index contributed by atoms with van der Waals surface area (Å²) in [7, 11) is -3.88. The molecule has 0 fully saturated rings. The fraction of sp³-hybridized carbons (Fsp3) is 0.400. The molecular formula is C10H13BrFNO3S. The normalized spacial score (nSPS) is 13.6. The first-order valence-corrected chi connectivity index (χ1v) is 7.23. The third-order valence-electron chi connectivity index (χ3n) is 2.04. The first-order chi connectivity index (χ1) is 7.83. The molecule has 0 bridgehead atoms. The molecule has 0 saturated carbocycles. The molecule has 96 valence electrons. The number of rotatable bonds is 5. The predicted octanol–water partition coefficient (Wildman–Crippen LogP) is 1.64. The van der Waals surface area contributed by atoms with E-state index in [1.165, 1.54) is 12.1 Å². The van der Waals surface area contributed by atoms with Gasteiger partial charge in [0.25, 0.3) is 0 Å². The third-order valence-corrected chi connectivity index (χ3v) is 4.01. The number of hydrogen-bond acceptors (Lipinski definition) is 3. The highest BCUT2D eigenvalue weighted by molar-refractivity contribution is 9.10. The first kappa shape index (κ1) is 14.6. The van der Waals surface area contributed by atoms with Crippen molar-refractivity contribution in [1.82, 2.24) is 4.72 Å². The van der Waals surface area contributed by atoms with Crippen LogP contribution in [0.25, 0.3) is 0 Å². The lowest BCUT2D eigenvalue weighted by Gasteiger charge is -2.09. The molecule has 0 radical (unpaired) electrons. The van der Waals surface area contributed by atoms with Gasteiger partial charge < -0.3 is 5.11 Å². The maximum Gasteiger partial charge on any atom is 0.243 e. The van der Waals surface area contributed by atoms with Crippen molar-refractivity contribution in [1.29, 1.82) is 0 Å². The van der Waals surface area contributed by atoms with Crippen molar-refractivity contribution in [2.45, 2.75) is 24.3 Å². The molecule has 17 heavy (non-hydrogen) atoms. The smallest absolute Gasteiger partial charge is 0.243 e. The van der Waals surface area contributed by atoms with Crippen molar-refractivity contribution in [3.05, 3.63) is 28.5 Å². The van der Waals surface area contributed by atoms with Crippen molar-refractivity contribution in [2.75, 3.05) is 6.54 Å². The van der Waals surface area contributed by atoms with Gasteiger partial charge in [-0.05, 0) is 31.5 Å². The Hall–Kier alpha value is -0.500. The molecule has 0 aromatic heterocycles. The minimum absolute atomic E-state index is 0.0615. The molecular weight excluding hydrogens is 313 g/mol. The Bertz CT molecular complexity index is 490. The number of sulfonamides is 1. The summed E-state index contributed by atoms with van der Waals surface area (Å²) >= 11 is 3.08. The molecule has 0 aliphatic carbocycles. The second-order valence-corrected chi connectivity index (χ2v) is 6.26. The van der Waals surface area contributed by atoms with Crippen LogP contribution in [0.3, 0.4) is 0 Å². The van der Waals surface area contributed by atoms with E-state index in [1.807, 2.05) is 0 Å². The van der Waals surface area contributed by atoms with Crippen molar-refractivity contribution in [3.8, 4) is 0 Å². The van der Waals surface area contributed by atoms with E-state index >= 15 is 0 Å². The van der Waals surface area contributed by atoms with Gasteiger partial charge in [-0.2, -0.15) is 0 Å². The summed E-state index contributed by atoms with van der Waals surface area (Å²) in [5.74, 6) is -0.808. The summed E-state index contributed by atoms with van der Waals surface area (Å²) in [6, 6.07) is 3.69. The number of aliphatic hydroxyl groups excluding tert-OH is 1. The maximum absolute atomic E-state index is 13.4. The molecule has 2 N–H and O–H groups in total. The summed E-state index contributed by atoms with van der Waals surface area (Å²) in [5, 5.41) is 9.00. The van der Waals surface area contributed by atoms with E-state index in [0.717, 1.165) is 6.07 Å². The SMILES string of the molecule is CC(O)CCNS(=O)(=O)c1cc(Br)ccc1F. The molecule has 1 unspecified atom stereocenters. The quantitative estimate of drug-likeness (QED) is 0.864. The Labute approximate surface area is 108 Å². The zero-order valence-corrected chi connectivity index (χ0v) is 11.6. The van der Waals surface area contributed by atoms with Gasteiger partial charge in [0.2, 0.25) is 10.0 Å². The monoisotopic (exact) mass is 325 g/mol. The Morgan fingerprint density at radius 1 is 1.53 bits per heavy atom. The highest BCUT2D eigenvalue weighted by atomic mass is 79.9. The van der Waals surface area contributed by atoms with Crippen LogP contribution >= 0.6 is 15.9 Å².